The predicted molar refractivity (Wildman–Crippen MR) is 96.5 cm³/mol. The minimum atomic E-state index is -0.857. The molecule has 2 aromatic rings. The van der Waals surface area contributed by atoms with Crippen LogP contribution in [0.1, 0.15) is 22.8 Å². The van der Waals surface area contributed by atoms with Gasteiger partial charge < -0.3 is 25.2 Å². The van der Waals surface area contributed by atoms with E-state index in [-0.39, 0.29) is 19.0 Å². The molecule has 5 nitrogen and oxygen atoms in total. The molecule has 0 unspecified atom stereocenters. The van der Waals surface area contributed by atoms with Crippen LogP contribution in [0.15, 0.2) is 48.5 Å². The molecule has 0 saturated carbocycles. The molecule has 25 heavy (non-hydrogen) atoms. The van der Waals surface area contributed by atoms with Gasteiger partial charge in [0.2, 0.25) is 0 Å². The lowest BCUT2D eigenvalue weighted by atomic mass is 9.89. The normalized spacial score (nSPS) is 13.8. The first kappa shape index (κ1) is 19.0. The van der Waals surface area contributed by atoms with E-state index in [0.717, 1.165) is 11.1 Å². The molecule has 134 valence electrons. The number of aromatic hydroxyl groups is 1. The highest BCUT2D eigenvalue weighted by Gasteiger charge is 2.22. The summed E-state index contributed by atoms with van der Waals surface area (Å²) in [7, 11) is 1.57. The summed E-state index contributed by atoms with van der Waals surface area (Å²) < 4.78 is 5.42. The summed E-state index contributed by atoms with van der Waals surface area (Å²) in [5.74, 6) is 0.387. The summed E-state index contributed by atoms with van der Waals surface area (Å²) >= 11 is 0. The molecule has 4 N–H and O–H groups in total. The van der Waals surface area contributed by atoms with Crippen molar-refractivity contribution in [3.8, 4) is 11.5 Å². The molecule has 2 rings (SSSR count). The number of hydrogen-bond donors (Lipinski definition) is 4. The van der Waals surface area contributed by atoms with Crippen LogP contribution in [0.4, 0.5) is 0 Å². The van der Waals surface area contributed by atoms with E-state index in [1.165, 1.54) is 12.1 Å². The Morgan fingerprint density at radius 3 is 2.40 bits per heavy atom. The molecular formula is C20H24O5. The largest absolute Gasteiger partial charge is 0.508 e. The Balaban J connectivity index is 2.20. The Bertz CT molecular complexity index is 694. The first-order chi connectivity index (χ1) is 12.1. The third-order valence-electron chi connectivity index (χ3n) is 4.12. The lowest BCUT2D eigenvalue weighted by molar-refractivity contribution is 0.0665. The fourth-order valence-electron chi connectivity index (χ4n) is 2.72. The van der Waals surface area contributed by atoms with E-state index < -0.39 is 12.0 Å². The van der Waals surface area contributed by atoms with Gasteiger partial charge >= 0.3 is 0 Å². The van der Waals surface area contributed by atoms with E-state index in [0.29, 0.717) is 17.7 Å². The number of rotatable bonds is 8. The average Bonchev–Trinajstić information content (AvgIpc) is 2.64. The molecule has 0 aliphatic carbocycles. The minimum Gasteiger partial charge on any atom is -0.508 e. The van der Waals surface area contributed by atoms with Crippen LogP contribution < -0.4 is 4.74 Å². The van der Waals surface area contributed by atoms with Gasteiger partial charge in [0.1, 0.15) is 11.5 Å². The zero-order valence-corrected chi connectivity index (χ0v) is 14.2. The maximum atomic E-state index is 10.5. The molecule has 0 amide bonds. The van der Waals surface area contributed by atoms with E-state index in [1.807, 2.05) is 18.2 Å². The standard InChI is InChI=1S/C20H24O5/c1-25-19-11-14(3-2-10-21)4-5-16(19)12-17(13-22)20(24)15-6-8-18(23)9-7-15/h2-9,11,17,20-24H,10,12-13H2,1H3/b3-2+/t17-,20-/m1/s1. The first-order valence-corrected chi connectivity index (χ1v) is 8.11. The van der Waals surface area contributed by atoms with Gasteiger partial charge in [0.05, 0.1) is 19.8 Å². The summed E-state index contributed by atoms with van der Waals surface area (Å²) in [5.41, 5.74) is 2.41. The highest BCUT2D eigenvalue weighted by molar-refractivity contribution is 5.54. The van der Waals surface area contributed by atoms with Crippen LogP contribution in [0.5, 0.6) is 11.5 Å². The predicted octanol–water partition coefficient (Wildman–Crippen LogP) is 2.29. The second-order valence-corrected chi connectivity index (χ2v) is 5.84. The highest BCUT2D eigenvalue weighted by Crippen LogP contribution is 2.30. The van der Waals surface area contributed by atoms with Gasteiger partial charge in [-0.2, -0.15) is 0 Å². The lowest BCUT2D eigenvalue weighted by Crippen LogP contribution is -2.19. The van der Waals surface area contributed by atoms with E-state index in [4.69, 9.17) is 9.84 Å². The van der Waals surface area contributed by atoms with Crippen molar-refractivity contribution in [1.82, 2.24) is 0 Å². The molecule has 0 aromatic heterocycles. The van der Waals surface area contributed by atoms with Crippen LogP contribution in [0.2, 0.25) is 0 Å². The number of aliphatic hydroxyl groups is 3. The van der Waals surface area contributed by atoms with Crippen LogP contribution in [0, 0.1) is 5.92 Å². The molecule has 2 aromatic carbocycles. The monoisotopic (exact) mass is 344 g/mol. The molecule has 0 heterocycles. The Morgan fingerprint density at radius 2 is 1.80 bits per heavy atom. The van der Waals surface area contributed by atoms with Gasteiger partial charge in [-0.25, -0.2) is 0 Å². The highest BCUT2D eigenvalue weighted by atomic mass is 16.5. The summed E-state index contributed by atoms with van der Waals surface area (Å²) in [6, 6.07) is 11.9. The van der Waals surface area contributed by atoms with Crippen LogP contribution in [0.25, 0.3) is 6.08 Å². The smallest absolute Gasteiger partial charge is 0.122 e. The van der Waals surface area contributed by atoms with E-state index >= 15 is 0 Å². The van der Waals surface area contributed by atoms with Crippen molar-refractivity contribution in [3.05, 3.63) is 65.2 Å². The molecule has 0 saturated heterocycles. The Morgan fingerprint density at radius 1 is 1.08 bits per heavy atom. The maximum Gasteiger partial charge on any atom is 0.122 e. The van der Waals surface area contributed by atoms with Crippen molar-refractivity contribution >= 4 is 6.08 Å². The fraction of sp³-hybridized carbons (Fsp3) is 0.300. The average molecular weight is 344 g/mol. The number of ether oxygens (including phenoxy) is 1. The number of benzene rings is 2. The number of phenolic OH excluding ortho intramolecular Hbond substituents is 1. The molecule has 0 bridgehead atoms. The van der Waals surface area contributed by atoms with Crippen molar-refractivity contribution < 1.29 is 25.2 Å². The molecule has 2 atom stereocenters. The van der Waals surface area contributed by atoms with Crippen LogP contribution in [0.3, 0.4) is 0 Å². The van der Waals surface area contributed by atoms with Gasteiger partial charge in [-0.3, -0.25) is 0 Å². The van der Waals surface area contributed by atoms with Crippen LogP contribution in [-0.2, 0) is 6.42 Å². The van der Waals surface area contributed by atoms with Crippen molar-refractivity contribution in [1.29, 1.82) is 0 Å². The van der Waals surface area contributed by atoms with Gasteiger partial charge in [-0.15, -0.1) is 0 Å². The fourth-order valence-corrected chi connectivity index (χ4v) is 2.72. The summed E-state index contributed by atoms with van der Waals surface area (Å²) in [6.45, 7) is -0.215. The quantitative estimate of drug-likeness (QED) is 0.590. The molecule has 0 fully saturated rings. The van der Waals surface area contributed by atoms with Gasteiger partial charge in [-0.1, -0.05) is 36.4 Å². The lowest BCUT2D eigenvalue weighted by Gasteiger charge is -2.22. The molecular weight excluding hydrogens is 320 g/mol. The summed E-state index contributed by atoms with van der Waals surface area (Å²) in [4.78, 5) is 0. The third-order valence-corrected chi connectivity index (χ3v) is 4.12. The summed E-state index contributed by atoms with van der Waals surface area (Å²) in [6.07, 6.45) is 3.01. The second kappa shape index (κ2) is 9.22. The van der Waals surface area contributed by atoms with Crippen molar-refractivity contribution in [2.24, 2.45) is 5.92 Å². The molecule has 0 aliphatic rings. The molecule has 0 radical (unpaired) electrons. The zero-order valence-electron chi connectivity index (χ0n) is 14.2. The maximum absolute atomic E-state index is 10.5. The van der Waals surface area contributed by atoms with Gasteiger partial charge in [0.15, 0.2) is 0 Å². The SMILES string of the molecule is COc1cc(/C=C/CO)ccc1C[C@H](CO)[C@H](O)c1ccc(O)cc1. The van der Waals surface area contributed by atoms with Crippen molar-refractivity contribution in [2.75, 3.05) is 20.3 Å². The number of aliphatic hydroxyl groups excluding tert-OH is 3. The third kappa shape index (κ3) is 5.06. The van der Waals surface area contributed by atoms with Crippen molar-refractivity contribution in [2.45, 2.75) is 12.5 Å². The summed E-state index contributed by atoms with van der Waals surface area (Å²) in [5, 5.41) is 38.5. The number of hydrogen-bond acceptors (Lipinski definition) is 5. The molecule has 0 spiro atoms. The number of phenols is 1. The van der Waals surface area contributed by atoms with E-state index in [2.05, 4.69) is 0 Å². The van der Waals surface area contributed by atoms with E-state index in [1.54, 1.807) is 31.4 Å². The van der Waals surface area contributed by atoms with Crippen molar-refractivity contribution in [3.63, 3.8) is 0 Å². The first-order valence-electron chi connectivity index (χ1n) is 8.11. The van der Waals surface area contributed by atoms with Gasteiger partial charge in [0, 0.05) is 12.5 Å². The Kier molecular flexibility index (Phi) is 7.01. The Labute approximate surface area is 147 Å². The molecule has 5 heteroatoms. The van der Waals surface area contributed by atoms with E-state index in [9.17, 15) is 15.3 Å². The number of methoxy groups -OCH3 is 1. The Hall–Kier alpha value is -2.34. The van der Waals surface area contributed by atoms with Crippen LogP contribution in [-0.4, -0.2) is 40.7 Å². The van der Waals surface area contributed by atoms with Gasteiger partial charge in [0.25, 0.3) is 0 Å². The second-order valence-electron chi connectivity index (χ2n) is 5.84. The van der Waals surface area contributed by atoms with Crippen LogP contribution >= 0.6 is 0 Å². The molecule has 0 aliphatic heterocycles. The zero-order chi connectivity index (χ0) is 18.2. The minimum absolute atomic E-state index is 0.0323. The topological polar surface area (TPSA) is 90.2 Å². The van der Waals surface area contributed by atoms with Gasteiger partial charge in [-0.05, 0) is 41.3 Å².